The zero-order valence-corrected chi connectivity index (χ0v) is 13.1. The van der Waals surface area contributed by atoms with Crippen molar-refractivity contribution in [1.82, 2.24) is 5.32 Å². The monoisotopic (exact) mass is 283 g/mol. The Morgan fingerprint density at radius 2 is 1.74 bits per heavy atom. The molecule has 0 radical (unpaired) electrons. The maximum atomic E-state index is 11.4. The molecule has 0 bridgehead atoms. The highest BCUT2D eigenvalue weighted by Crippen LogP contribution is 2.17. The highest BCUT2D eigenvalue weighted by molar-refractivity contribution is 7.90. The maximum Gasteiger partial charge on any atom is 0.175 e. The van der Waals surface area contributed by atoms with Crippen molar-refractivity contribution in [3.05, 3.63) is 29.8 Å². The molecule has 1 aromatic carbocycles. The summed E-state index contributed by atoms with van der Waals surface area (Å²) in [6, 6.07) is 7.85. The third-order valence-corrected chi connectivity index (χ3v) is 4.46. The normalized spacial score (nSPS) is 15.2. The molecule has 1 aromatic rings. The first kappa shape index (κ1) is 16.2. The van der Waals surface area contributed by atoms with Gasteiger partial charge in [-0.1, -0.05) is 31.9 Å². The minimum absolute atomic E-state index is 0.237. The van der Waals surface area contributed by atoms with Crippen LogP contribution in [0.1, 0.15) is 51.6 Å². The summed E-state index contributed by atoms with van der Waals surface area (Å²) in [6.45, 7) is 6.50. The number of sulfone groups is 1. The molecule has 0 heterocycles. The Bertz CT molecular complexity index is 479. The molecular weight excluding hydrogens is 258 g/mol. The molecule has 0 fully saturated rings. The second-order valence-corrected chi connectivity index (χ2v) is 7.29. The molecule has 0 aliphatic heterocycles. The summed E-state index contributed by atoms with van der Waals surface area (Å²) in [6.07, 6.45) is 4.84. The van der Waals surface area contributed by atoms with Gasteiger partial charge >= 0.3 is 0 Å². The van der Waals surface area contributed by atoms with Crippen molar-refractivity contribution >= 4 is 9.84 Å². The summed E-state index contributed by atoms with van der Waals surface area (Å²) in [5.74, 6) is 0. The van der Waals surface area contributed by atoms with Crippen molar-refractivity contribution in [1.29, 1.82) is 0 Å². The van der Waals surface area contributed by atoms with E-state index in [4.69, 9.17) is 0 Å². The molecule has 3 nitrogen and oxygen atoms in total. The fourth-order valence-electron chi connectivity index (χ4n) is 2.12. The van der Waals surface area contributed by atoms with Gasteiger partial charge in [-0.25, -0.2) is 8.42 Å². The third kappa shape index (κ3) is 5.33. The van der Waals surface area contributed by atoms with Crippen molar-refractivity contribution in [3.63, 3.8) is 0 Å². The molecule has 0 aliphatic rings. The quantitative estimate of drug-likeness (QED) is 0.835. The summed E-state index contributed by atoms with van der Waals surface area (Å²) < 4.78 is 22.8. The smallest absolute Gasteiger partial charge is 0.175 e. The average Bonchev–Trinajstić information content (AvgIpc) is 2.35. The minimum atomic E-state index is -3.10. The van der Waals surface area contributed by atoms with E-state index in [0.717, 1.165) is 5.56 Å². The Balaban J connectivity index is 2.65. The van der Waals surface area contributed by atoms with Crippen LogP contribution in [0.25, 0.3) is 0 Å². The van der Waals surface area contributed by atoms with Crippen LogP contribution >= 0.6 is 0 Å². The van der Waals surface area contributed by atoms with Crippen LogP contribution in [0.2, 0.25) is 0 Å². The second kappa shape index (κ2) is 7.06. The molecule has 2 atom stereocenters. The molecular formula is C15H25NO2S. The largest absolute Gasteiger partial charge is 0.308 e. The molecule has 0 amide bonds. The molecule has 19 heavy (non-hydrogen) atoms. The van der Waals surface area contributed by atoms with Gasteiger partial charge in [-0.15, -0.1) is 0 Å². The Hall–Kier alpha value is -0.870. The fourth-order valence-corrected chi connectivity index (χ4v) is 2.75. The molecule has 0 aliphatic carbocycles. The predicted molar refractivity (Wildman–Crippen MR) is 80.1 cm³/mol. The van der Waals surface area contributed by atoms with Crippen LogP contribution in [0.15, 0.2) is 29.2 Å². The van der Waals surface area contributed by atoms with E-state index >= 15 is 0 Å². The van der Waals surface area contributed by atoms with Gasteiger partial charge in [0.25, 0.3) is 0 Å². The molecule has 0 spiro atoms. The van der Waals surface area contributed by atoms with Crippen LogP contribution in [0, 0.1) is 0 Å². The second-order valence-electron chi connectivity index (χ2n) is 5.27. The molecule has 0 saturated carbocycles. The minimum Gasteiger partial charge on any atom is -0.308 e. The lowest BCUT2D eigenvalue weighted by Gasteiger charge is -2.20. The van der Waals surface area contributed by atoms with Crippen LogP contribution in [0.4, 0.5) is 0 Å². The lowest BCUT2D eigenvalue weighted by molar-refractivity contribution is 0.444. The van der Waals surface area contributed by atoms with Gasteiger partial charge in [0, 0.05) is 18.3 Å². The van der Waals surface area contributed by atoms with Crippen molar-refractivity contribution < 1.29 is 8.42 Å². The summed E-state index contributed by atoms with van der Waals surface area (Å²) >= 11 is 0. The van der Waals surface area contributed by atoms with Crippen molar-refractivity contribution in [2.24, 2.45) is 0 Å². The Morgan fingerprint density at radius 3 is 2.21 bits per heavy atom. The van der Waals surface area contributed by atoms with E-state index in [0.29, 0.717) is 10.9 Å². The van der Waals surface area contributed by atoms with E-state index in [-0.39, 0.29) is 6.04 Å². The van der Waals surface area contributed by atoms with Crippen molar-refractivity contribution in [3.8, 4) is 0 Å². The van der Waals surface area contributed by atoms with Crippen molar-refractivity contribution in [2.75, 3.05) is 6.26 Å². The molecule has 108 valence electrons. The van der Waals surface area contributed by atoms with Crippen LogP contribution in [-0.4, -0.2) is 20.7 Å². The van der Waals surface area contributed by atoms with Gasteiger partial charge in [-0.3, -0.25) is 0 Å². The van der Waals surface area contributed by atoms with Crippen LogP contribution in [0.3, 0.4) is 0 Å². The summed E-state index contributed by atoms with van der Waals surface area (Å²) in [7, 11) is -3.10. The predicted octanol–water partition coefficient (Wildman–Crippen LogP) is 3.32. The lowest BCUT2D eigenvalue weighted by Crippen LogP contribution is -2.28. The van der Waals surface area contributed by atoms with E-state index < -0.39 is 9.84 Å². The van der Waals surface area contributed by atoms with Gasteiger partial charge in [0.2, 0.25) is 0 Å². The number of hydrogen-bond acceptors (Lipinski definition) is 3. The van der Waals surface area contributed by atoms with E-state index in [9.17, 15) is 8.42 Å². The van der Waals surface area contributed by atoms with Gasteiger partial charge in [0.15, 0.2) is 9.84 Å². The van der Waals surface area contributed by atoms with Gasteiger partial charge in [0.05, 0.1) is 4.90 Å². The van der Waals surface area contributed by atoms with E-state index in [2.05, 4.69) is 26.1 Å². The summed E-state index contributed by atoms with van der Waals surface area (Å²) in [5, 5.41) is 3.54. The zero-order chi connectivity index (χ0) is 14.5. The van der Waals surface area contributed by atoms with Gasteiger partial charge in [-0.05, 0) is 38.0 Å². The standard InChI is InChI=1S/C15H25NO2S/c1-5-6-7-12(2)16-13(3)14-8-10-15(11-9-14)19(4,17)18/h8-13,16H,5-7H2,1-4H3. The van der Waals surface area contributed by atoms with Crippen molar-refractivity contribution in [2.45, 2.75) is 57.0 Å². The zero-order valence-electron chi connectivity index (χ0n) is 12.3. The first-order valence-corrected chi connectivity index (χ1v) is 8.79. The van der Waals surface area contributed by atoms with Crippen LogP contribution in [0.5, 0.6) is 0 Å². The summed E-state index contributed by atoms with van der Waals surface area (Å²) in [5.41, 5.74) is 1.12. The highest BCUT2D eigenvalue weighted by Gasteiger charge is 2.11. The van der Waals surface area contributed by atoms with Crippen LogP contribution in [-0.2, 0) is 9.84 Å². The van der Waals surface area contributed by atoms with E-state index in [1.807, 2.05) is 12.1 Å². The molecule has 4 heteroatoms. The SMILES string of the molecule is CCCCC(C)NC(C)c1ccc(S(C)(=O)=O)cc1. The maximum absolute atomic E-state index is 11.4. The number of hydrogen-bond donors (Lipinski definition) is 1. The topological polar surface area (TPSA) is 46.2 Å². The van der Waals surface area contributed by atoms with Gasteiger partial charge in [-0.2, -0.15) is 0 Å². The number of nitrogens with one attached hydrogen (secondary N) is 1. The third-order valence-electron chi connectivity index (χ3n) is 3.33. The number of benzene rings is 1. The fraction of sp³-hybridized carbons (Fsp3) is 0.600. The highest BCUT2D eigenvalue weighted by atomic mass is 32.2. The van der Waals surface area contributed by atoms with E-state index in [1.54, 1.807) is 12.1 Å². The van der Waals surface area contributed by atoms with Gasteiger partial charge in [0.1, 0.15) is 0 Å². The first-order chi connectivity index (χ1) is 8.84. The molecule has 1 N–H and O–H groups in total. The lowest BCUT2D eigenvalue weighted by atomic mass is 10.1. The Kier molecular flexibility index (Phi) is 6.01. The number of rotatable bonds is 7. The first-order valence-electron chi connectivity index (χ1n) is 6.90. The van der Waals surface area contributed by atoms with E-state index in [1.165, 1.54) is 25.5 Å². The molecule has 0 saturated heterocycles. The number of unbranched alkanes of at least 4 members (excludes halogenated alkanes) is 1. The van der Waals surface area contributed by atoms with Crippen LogP contribution < -0.4 is 5.32 Å². The summed E-state index contributed by atoms with van der Waals surface area (Å²) in [4.78, 5) is 0.377. The molecule has 0 aromatic heterocycles. The molecule has 2 unspecified atom stereocenters. The Labute approximate surface area is 117 Å². The Morgan fingerprint density at radius 1 is 1.16 bits per heavy atom. The molecule has 1 rings (SSSR count). The average molecular weight is 283 g/mol. The van der Waals surface area contributed by atoms with Gasteiger partial charge < -0.3 is 5.32 Å².